The first kappa shape index (κ1) is 17.6. The molecule has 0 aliphatic carbocycles. The lowest BCUT2D eigenvalue weighted by Crippen LogP contribution is -2.48. The highest BCUT2D eigenvalue weighted by Crippen LogP contribution is 2.22. The number of oxazole rings is 1. The molecule has 7 nitrogen and oxygen atoms in total. The van der Waals surface area contributed by atoms with Crippen LogP contribution in [0.2, 0.25) is 0 Å². The van der Waals surface area contributed by atoms with Gasteiger partial charge in [-0.05, 0) is 38.5 Å². The fourth-order valence-electron chi connectivity index (χ4n) is 3.58. The number of aromatic nitrogens is 3. The number of carbonyl (C=O) groups is 1. The van der Waals surface area contributed by atoms with Gasteiger partial charge in [0.2, 0.25) is 5.91 Å². The van der Waals surface area contributed by atoms with Crippen molar-refractivity contribution < 1.29 is 9.21 Å². The van der Waals surface area contributed by atoms with Gasteiger partial charge in [0.25, 0.3) is 6.01 Å². The van der Waals surface area contributed by atoms with Crippen LogP contribution < -0.4 is 4.90 Å². The Bertz CT molecular complexity index is 904. The molecule has 0 unspecified atom stereocenters. The molecule has 0 spiro atoms. The Kier molecular flexibility index (Phi) is 4.83. The number of rotatable bonds is 5. The van der Waals surface area contributed by atoms with Crippen LogP contribution in [0.3, 0.4) is 0 Å². The number of amides is 1. The van der Waals surface area contributed by atoms with Crippen molar-refractivity contribution in [3.63, 3.8) is 0 Å². The van der Waals surface area contributed by atoms with E-state index in [1.54, 1.807) is 0 Å². The van der Waals surface area contributed by atoms with Gasteiger partial charge in [-0.1, -0.05) is 12.1 Å². The number of para-hydroxylation sites is 2. The molecule has 1 amide bonds. The summed E-state index contributed by atoms with van der Waals surface area (Å²) in [4.78, 5) is 21.1. The molecule has 1 aromatic carbocycles. The van der Waals surface area contributed by atoms with E-state index < -0.39 is 0 Å². The van der Waals surface area contributed by atoms with Crippen molar-refractivity contribution in [3.05, 3.63) is 41.7 Å². The van der Waals surface area contributed by atoms with E-state index in [2.05, 4.69) is 21.0 Å². The van der Waals surface area contributed by atoms with Crippen LogP contribution in [-0.4, -0.2) is 51.8 Å². The maximum atomic E-state index is 12.5. The fourth-order valence-corrected chi connectivity index (χ4v) is 3.58. The molecule has 4 rings (SSSR count). The number of benzene rings is 1. The highest BCUT2D eigenvalue weighted by Gasteiger charge is 2.23. The Morgan fingerprint density at radius 3 is 2.63 bits per heavy atom. The zero-order valence-corrected chi connectivity index (χ0v) is 15.9. The fraction of sp³-hybridized carbons (Fsp3) is 0.450. The van der Waals surface area contributed by atoms with Crippen molar-refractivity contribution in [2.75, 3.05) is 31.1 Å². The normalized spacial score (nSPS) is 14.9. The van der Waals surface area contributed by atoms with Crippen LogP contribution >= 0.6 is 0 Å². The van der Waals surface area contributed by atoms with Crippen LogP contribution in [0, 0.1) is 13.8 Å². The first-order valence-corrected chi connectivity index (χ1v) is 9.49. The van der Waals surface area contributed by atoms with Crippen molar-refractivity contribution in [2.24, 2.45) is 0 Å². The number of nitrogens with zero attached hydrogens (tertiary/aromatic N) is 5. The van der Waals surface area contributed by atoms with Gasteiger partial charge in [-0.2, -0.15) is 10.1 Å². The van der Waals surface area contributed by atoms with Gasteiger partial charge >= 0.3 is 0 Å². The Hall–Kier alpha value is -2.83. The largest absolute Gasteiger partial charge is 0.423 e. The summed E-state index contributed by atoms with van der Waals surface area (Å²) in [6.07, 6.45) is 1.37. The minimum absolute atomic E-state index is 0.216. The van der Waals surface area contributed by atoms with E-state index >= 15 is 0 Å². The van der Waals surface area contributed by atoms with Crippen LogP contribution in [-0.2, 0) is 11.3 Å². The lowest BCUT2D eigenvalue weighted by molar-refractivity contribution is -0.131. The van der Waals surface area contributed by atoms with E-state index in [1.807, 2.05) is 47.7 Å². The average Bonchev–Trinajstić information content (AvgIpc) is 3.24. The van der Waals surface area contributed by atoms with Gasteiger partial charge in [0.1, 0.15) is 5.52 Å². The lowest BCUT2D eigenvalue weighted by atomic mass is 10.2. The molecule has 0 bridgehead atoms. The van der Waals surface area contributed by atoms with Crippen LogP contribution in [0.25, 0.3) is 11.1 Å². The highest BCUT2D eigenvalue weighted by atomic mass is 16.4. The zero-order chi connectivity index (χ0) is 18.8. The molecule has 1 aliphatic rings. The van der Waals surface area contributed by atoms with Gasteiger partial charge in [-0.3, -0.25) is 9.48 Å². The van der Waals surface area contributed by atoms with Crippen molar-refractivity contribution in [1.29, 1.82) is 0 Å². The topological polar surface area (TPSA) is 67.4 Å². The van der Waals surface area contributed by atoms with E-state index in [1.165, 1.54) is 0 Å². The molecule has 1 aliphatic heterocycles. The predicted molar refractivity (Wildman–Crippen MR) is 104 cm³/mol. The van der Waals surface area contributed by atoms with Crippen LogP contribution in [0.4, 0.5) is 6.01 Å². The SMILES string of the molecule is Cc1cc(C)n(CCCC(=O)N2CCN(c3nc4ccccc4o3)CC2)n1. The summed E-state index contributed by atoms with van der Waals surface area (Å²) in [5.41, 5.74) is 3.84. The molecule has 2 aromatic heterocycles. The van der Waals surface area contributed by atoms with Gasteiger partial charge in [0.15, 0.2) is 5.58 Å². The third kappa shape index (κ3) is 3.82. The molecular weight excluding hydrogens is 342 g/mol. The first-order chi connectivity index (χ1) is 13.1. The summed E-state index contributed by atoms with van der Waals surface area (Å²) >= 11 is 0. The molecule has 3 heterocycles. The zero-order valence-electron chi connectivity index (χ0n) is 15.9. The summed E-state index contributed by atoms with van der Waals surface area (Å²) in [6, 6.07) is 10.5. The molecular formula is C20H25N5O2. The molecule has 1 fully saturated rings. The van der Waals surface area contributed by atoms with Crippen molar-refractivity contribution in [1.82, 2.24) is 19.7 Å². The van der Waals surface area contributed by atoms with E-state index in [4.69, 9.17) is 4.42 Å². The second-order valence-electron chi connectivity index (χ2n) is 7.09. The number of piperazine rings is 1. The molecule has 1 saturated heterocycles. The average molecular weight is 367 g/mol. The molecule has 0 radical (unpaired) electrons. The standard InChI is InChI=1S/C20H25N5O2/c1-15-14-16(2)25(22-15)9-5-8-19(26)23-10-12-24(13-11-23)20-21-17-6-3-4-7-18(17)27-20/h3-4,6-7,14H,5,8-13H2,1-2H3. The molecule has 0 N–H and O–H groups in total. The summed E-state index contributed by atoms with van der Waals surface area (Å²) in [6.45, 7) is 7.73. The van der Waals surface area contributed by atoms with Gasteiger partial charge in [-0.25, -0.2) is 0 Å². The first-order valence-electron chi connectivity index (χ1n) is 9.49. The molecule has 0 saturated carbocycles. The molecule has 7 heteroatoms. The quantitative estimate of drug-likeness (QED) is 0.694. The van der Waals surface area contributed by atoms with Gasteiger partial charge in [0, 0.05) is 44.8 Å². The molecule has 0 atom stereocenters. The lowest BCUT2D eigenvalue weighted by Gasteiger charge is -2.33. The molecule has 27 heavy (non-hydrogen) atoms. The van der Waals surface area contributed by atoms with E-state index in [-0.39, 0.29) is 5.91 Å². The Labute approximate surface area is 158 Å². The summed E-state index contributed by atoms with van der Waals surface area (Å²) in [5, 5.41) is 4.45. The van der Waals surface area contributed by atoms with Crippen molar-refractivity contribution in [2.45, 2.75) is 33.2 Å². The van der Waals surface area contributed by atoms with E-state index in [0.717, 1.165) is 48.5 Å². The third-order valence-corrected chi connectivity index (χ3v) is 5.05. The highest BCUT2D eigenvalue weighted by molar-refractivity contribution is 5.77. The number of carbonyl (C=O) groups excluding carboxylic acids is 1. The maximum Gasteiger partial charge on any atom is 0.298 e. The maximum absolute atomic E-state index is 12.5. The van der Waals surface area contributed by atoms with Crippen LogP contribution in [0.15, 0.2) is 34.7 Å². The monoisotopic (exact) mass is 367 g/mol. The Morgan fingerprint density at radius 2 is 1.93 bits per heavy atom. The second kappa shape index (κ2) is 7.42. The number of aryl methyl sites for hydroxylation is 3. The van der Waals surface area contributed by atoms with E-state index in [0.29, 0.717) is 25.5 Å². The molecule has 142 valence electrons. The van der Waals surface area contributed by atoms with Gasteiger partial charge < -0.3 is 14.2 Å². The number of hydrogen-bond donors (Lipinski definition) is 0. The Morgan fingerprint density at radius 1 is 1.15 bits per heavy atom. The number of hydrogen-bond acceptors (Lipinski definition) is 5. The summed E-state index contributed by atoms with van der Waals surface area (Å²) < 4.78 is 7.81. The van der Waals surface area contributed by atoms with E-state index in [9.17, 15) is 4.79 Å². The summed E-state index contributed by atoms with van der Waals surface area (Å²) in [5.74, 6) is 0.216. The van der Waals surface area contributed by atoms with Gasteiger partial charge in [-0.15, -0.1) is 0 Å². The minimum atomic E-state index is 0.216. The third-order valence-electron chi connectivity index (χ3n) is 5.05. The van der Waals surface area contributed by atoms with Crippen LogP contribution in [0.1, 0.15) is 24.2 Å². The van der Waals surface area contributed by atoms with Crippen LogP contribution in [0.5, 0.6) is 0 Å². The minimum Gasteiger partial charge on any atom is -0.423 e. The second-order valence-corrected chi connectivity index (χ2v) is 7.09. The smallest absolute Gasteiger partial charge is 0.298 e. The van der Waals surface area contributed by atoms with Crippen molar-refractivity contribution >= 4 is 23.0 Å². The Balaban J connectivity index is 1.27. The number of fused-ring (bicyclic) bond motifs is 1. The van der Waals surface area contributed by atoms with Gasteiger partial charge in [0.05, 0.1) is 5.69 Å². The molecule has 3 aromatic rings. The predicted octanol–water partition coefficient (Wildman–Crippen LogP) is 2.77. The summed E-state index contributed by atoms with van der Waals surface area (Å²) in [7, 11) is 0. The number of anilines is 1. The van der Waals surface area contributed by atoms with Crippen molar-refractivity contribution in [3.8, 4) is 0 Å².